The van der Waals surface area contributed by atoms with Gasteiger partial charge in [-0.3, -0.25) is 0 Å². The topological polar surface area (TPSA) is 117 Å². The van der Waals surface area contributed by atoms with E-state index in [2.05, 4.69) is 20.0 Å². The van der Waals surface area contributed by atoms with E-state index in [1.165, 1.54) is 11.0 Å². The van der Waals surface area contributed by atoms with Crippen molar-refractivity contribution in [2.45, 2.75) is 38.4 Å². The lowest BCUT2D eigenvalue weighted by molar-refractivity contribution is -0.0566. The van der Waals surface area contributed by atoms with Gasteiger partial charge in [-0.2, -0.15) is 5.10 Å². The Balaban J connectivity index is 2.02. The number of rotatable bonds is 5. The Morgan fingerprint density at radius 1 is 1.22 bits per heavy atom. The Hall–Kier alpha value is -1.81. The lowest BCUT2D eigenvalue weighted by atomic mass is 10.1. The zero-order chi connectivity index (χ0) is 16.6. The number of ether oxygens (including phenoxy) is 1. The smallest absolute Gasteiger partial charge is 0.181 e. The van der Waals surface area contributed by atoms with Crippen LogP contribution in [0.15, 0.2) is 12.5 Å². The number of aliphatic hydroxyl groups excluding tert-OH is 3. The van der Waals surface area contributed by atoms with Crippen LogP contribution in [0.3, 0.4) is 0 Å². The van der Waals surface area contributed by atoms with Crippen molar-refractivity contribution >= 4 is 16.9 Å². The summed E-state index contributed by atoms with van der Waals surface area (Å²) in [5.74, 6) is 0.762. The predicted octanol–water partition coefficient (Wildman–Crippen LogP) is -0.716. The third-order valence-corrected chi connectivity index (χ3v) is 4.19. The Bertz CT molecular complexity index is 674. The SMILES string of the molecule is CCN(CC)c1ncnc2c1cnn2C1O[C@H](CO)[C@@H](O)[C@H]1O. The summed E-state index contributed by atoms with van der Waals surface area (Å²) in [5, 5.41) is 34.3. The Morgan fingerprint density at radius 2 is 1.96 bits per heavy atom. The van der Waals surface area contributed by atoms with E-state index in [0.717, 1.165) is 24.3 Å². The first-order valence-corrected chi connectivity index (χ1v) is 7.67. The molecule has 23 heavy (non-hydrogen) atoms. The molecule has 0 amide bonds. The van der Waals surface area contributed by atoms with E-state index in [-0.39, 0.29) is 6.61 Å². The Labute approximate surface area is 133 Å². The molecule has 9 nitrogen and oxygen atoms in total. The molecular formula is C14H21N5O4. The van der Waals surface area contributed by atoms with E-state index >= 15 is 0 Å². The number of hydrogen-bond acceptors (Lipinski definition) is 8. The number of hydrogen-bond donors (Lipinski definition) is 3. The number of fused-ring (bicyclic) bond motifs is 1. The quantitative estimate of drug-likeness (QED) is 0.660. The van der Waals surface area contributed by atoms with Gasteiger partial charge in [-0.15, -0.1) is 0 Å². The average Bonchev–Trinajstić information content (AvgIpc) is 3.11. The molecule has 1 aliphatic rings. The lowest BCUT2D eigenvalue weighted by Gasteiger charge is -2.20. The van der Waals surface area contributed by atoms with Gasteiger partial charge in [0.2, 0.25) is 0 Å². The van der Waals surface area contributed by atoms with Crippen LogP contribution >= 0.6 is 0 Å². The van der Waals surface area contributed by atoms with Gasteiger partial charge >= 0.3 is 0 Å². The molecule has 0 bridgehead atoms. The molecule has 9 heteroatoms. The van der Waals surface area contributed by atoms with Crippen LogP contribution in [0.4, 0.5) is 5.82 Å². The fourth-order valence-corrected chi connectivity index (χ4v) is 2.89. The minimum absolute atomic E-state index is 0.381. The summed E-state index contributed by atoms with van der Waals surface area (Å²) in [6.07, 6.45) is -1.06. The van der Waals surface area contributed by atoms with Crippen molar-refractivity contribution in [3.63, 3.8) is 0 Å². The number of aliphatic hydroxyl groups is 3. The highest BCUT2D eigenvalue weighted by Gasteiger charge is 2.44. The van der Waals surface area contributed by atoms with Gasteiger partial charge in [0, 0.05) is 13.1 Å². The summed E-state index contributed by atoms with van der Waals surface area (Å²) >= 11 is 0. The molecule has 1 aliphatic heterocycles. The van der Waals surface area contributed by atoms with Crippen LogP contribution in [0.2, 0.25) is 0 Å². The molecule has 1 unspecified atom stereocenters. The van der Waals surface area contributed by atoms with Crippen LogP contribution in [0.1, 0.15) is 20.1 Å². The molecule has 3 heterocycles. The van der Waals surface area contributed by atoms with Crippen LogP contribution in [0.25, 0.3) is 11.0 Å². The highest BCUT2D eigenvalue weighted by atomic mass is 16.6. The molecule has 0 aliphatic carbocycles. The van der Waals surface area contributed by atoms with Gasteiger partial charge in [-0.1, -0.05) is 0 Å². The summed E-state index contributed by atoms with van der Waals surface area (Å²) in [5.41, 5.74) is 0.511. The van der Waals surface area contributed by atoms with Crippen LogP contribution in [-0.4, -0.2) is 73.1 Å². The minimum Gasteiger partial charge on any atom is -0.394 e. The maximum Gasteiger partial charge on any atom is 0.181 e. The summed E-state index contributed by atoms with van der Waals surface area (Å²) in [6.45, 7) is 5.28. The maximum atomic E-state index is 10.2. The standard InChI is InChI=1S/C14H21N5O4/c1-3-18(4-2)12-8-5-17-19(13(8)16-7-15-12)14-11(22)10(21)9(6-20)23-14/h5,7,9-11,14,20-22H,3-4,6H2,1-2H3/t9-,10-,11-,14?/m1/s1. The monoisotopic (exact) mass is 323 g/mol. The molecule has 0 spiro atoms. The molecular weight excluding hydrogens is 302 g/mol. The van der Waals surface area contributed by atoms with Crippen molar-refractivity contribution in [1.29, 1.82) is 0 Å². The Kier molecular flexibility index (Phi) is 4.44. The van der Waals surface area contributed by atoms with Crippen molar-refractivity contribution in [3.8, 4) is 0 Å². The highest BCUT2D eigenvalue weighted by Crippen LogP contribution is 2.32. The molecule has 2 aromatic rings. The second kappa shape index (κ2) is 6.36. The van der Waals surface area contributed by atoms with E-state index in [1.54, 1.807) is 6.20 Å². The van der Waals surface area contributed by atoms with Gasteiger partial charge in [0.1, 0.15) is 30.5 Å². The van der Waals surface area contributed by atoms with Gasteiger partial charge in [0.25, 0.3) is 0 Å². The molecule has 2 aromatic heterocycles. The zero-order valence-electron chi connectivity index (χ0n) is 13.1. The first kappa shape index (κ1) is 16.1. The van der Waals surface area contributed by atoms with Gasteiger partial charge in [-0.05, 0) is 13.8 Å². The molecule has 4 atom stereocenters. The molecule has 1 saturated heterocycles. The van der Waals surface area contributed by atoms with Crippen molar-refractivity contribution in [3.05, 3.63) is 12.5 Å². The minimum atomic E-state index is -1.19. The number of anilines is 1. The third-order valence-electron chi connectivity index (χ3n) is 4.19. The van der Waals surface area contributed by atoms with E-state index in [1.807, 2.05) is 13.8 Å². The molecule has 126 valence electrons. The zero-order valence-corrected chi connectivity index (χ0v) is 13.1. The first-order valence-electron chi connectivity index (χ1n) is 7.67. The molecule has 0 aromatic carbocycles. The normalized spacial score (nSPS) is 27.7. The van der Waals surface area contributed by atoms with Gasteiger partial charge in [0.05, 0.1) is 18.2 Å². The molecule has 1 fully saturated rings. The van der Waals surface area contributed by atoms with E-state index < -0.39 is 24.5 Å². The van der Waals surface area contributed by atoms with E-state index in [0.29, 0.717) is 5.65 Å². The summed E-state index contributed by atoms with van der Waals surface area (Å²) in [4.78, 5) is 10.6. The predicted molar refractivity (Wildman–Crippen MR) is 81.9 cm³/mol. The first-order chi connectivity index (χ1) is 11.1. The van der Waals surface area contributed by atoms with Gasteiger partial charge < -0.3 is 25.0 Å². The second-order valence-corrected chi connectivity index (χ2v) is 5.42. The summed E-state index contributed by atoms with van der Waals surface area (Å²) < 4.78 is 6.94. The van der Waals surface area contributed by atoms with Crippen molar-refractivity contribution in [2.75, 3.05) is 24.6 Å². The summed E-state index contributed by atoms with van der Waals surface area (Å²) in [7, 11) is 0. The third kappa shape index (κ3) is 2.55. The molecule has 0 saturated carbocycles. The Morgan fingerprint density at radius 3 is 2.57 bits per heavy atom. The van der Waals surface area contributed by atoms with Crippen molar-refractivity contribution < 1.29 is 20.1 Å². The van der Waals surface area contributed by atoms with Crippen LogP contribution in [0.5, 0.6) is 0 Å². The number of nitrogens with zero attached hydrogens (tertiary/aromatic N) is 5. The number of aromatic nitrogens is 4. The van der Waals surface area contributed by atoms with Crippen LogP contribution in [0, 0.1) is 0 Å². The van der Waals surface area contributed by atoms with Gasteiger partial charge in [-0.25, -0.2) is 14.6 Å². The van der Waals surface area contributed by atoms with Crippen LogP contribution < -0.4 is 4.90 Å². The fourth-order valence-electron chi connectivity index (χ4n) is 2.89. The largest absolute Gasteiger partial charge is 0.394 e. The van der Waals surface area contributed by atoms with E-state index in [9.17, 15) is 15.3 Å². The maximum absolute atomic E-state index is 10.2. The fraction of sp³-hybridized carbons (Fsp3) is 0.643. The second-order valence-electron chi connectivity index (χ2n) is 5.42. The molecule has 3 rings (SSSR count). The lowest BCUT2D eigenvalue weighted by Crippen LogP contribution is -2.33. The summed E-state index contributed by atoms with van der Waals surface area (Å²) in [6, 6.07) is 0. The highest BCUT2D eigenvalue weighted by molar-refractivity contribution is 5.86. The molecule has 3 N–H and O–H groups in total. The molecule has 0 radical (unpaired) electrons. The van der Waals surface area contributed by atoms with Crippen molar-refractivity contribution in [2.24, 2.45) is 0 Å². The average molecular weight is 323 g/mol. The van der Waals surface area contributed by atoms with Gasteiger partial charge in [0.15, 0.2) is 11.9 Å². The van der Waals surface area contributed by atoms with Crippen LogP contribution in [-0.2, 0) is 4.74 Å². The van der Waals surface area contributed by atoms with E-state index in [4.69, 9.17) is 4.74 Å². The van der Waals surface area contributed by atoms with Crippen molar-refractivity contribution in [1.82, 2.24) is 19.7 Å².